The van der Waals surface area contributed by atoms with Crippen LogP contribution < -0.4 is 5.73 Å². The number of carboxylic acids is 1. The van der Waals surface area contributed by atoms with Gasteiger partial charge in [0.15, 0.2) is 0 Å². The van der Waals surface area contributed by atoms with Gasteiger partial charge in [-0.05, 0) is 40.0 Å². The second-order valence-corrected chi connectivity index (χ2v) is 4.79. The molecule has 96 valence electrons. The number of hydrogen-bond acceptors (Lipinski definition) is 3. The van der Waals surface area contributed by atoms with Gasteiger partial charge in [-0.3, -0.25) is 4.79 Å². The number of nitrogens with zero attached hydrogens (tertiary/aromatic N) is 2. The second-order valence-electron chi connectivity index (χ2n) is 4.79. The number of carboxylic acid groups (broad SMARTS) is 1. The van der Waals surface area contributed by atoms with Crippen LogP contribution in [-0.4, -0.2) is 26.2 Å². The van der Waals surface area contributed by atoms with Crippen LogP contribution in [0.15, 0.2) is 6.33 Å². The summed E-state index contributed by atoms with van der Waals surface area (Å²) in [5.41, 5.74) is 6.75. The second kappa shape index (κ2) is 5.31. The minimum absolute atomic E-state index is 0.495. The lowest BCUT2D eigenvalue weighted by Crippen LogP contribution is -2.44. The summed E-state index contributed by atoms with van der Waals surface area (Å²) < 4.78 is 2.09. The van der Waals surface area contributed by atoms with Crippen molar-refractivity contribution >= 4 is 5.97 Å². The molecule has 0 radical (unpaired) electrons. The fraction of sp³-hybridized carbons (Fsp3) is 0.667. The topological polar surface area (TPSA) is 81.1 Å². The average molecular weight is 239 g/mol. The van der Waals surface area contributed by atoms with Crippen LogP contribution in [0, 0.1) is 13.8 Å². The Bertz CT molecular complexity index is 396. The van der Waals surface area contributed by atoms with Gasteiger partial charge in [-0.25, -0.2) is 4.98 Å². The summed E-state index contributed by atoms with van der Waals surface area (Å²) >= 11 is 0. The molecule has 0 aromatic carbocycles. The van der Waals surface area contributed by atoms with Gasteiger partial charge in [0.1, 0.15) is 5.54 Å². The maximum absolute atomic E-state index is 10.8. The fourth-order valence-electron chi connectivity index (χ4n) is 1.65. The van der Waals surface area contributed by atoms with Gasteiger partial charge >= 0.3 is 5.97 Å². The van der Waals surface area contributed by atoms with Crippen molar-refractivity contribution in [1.29, 1.82) is 0 Å². The molecule has 3 N–H and O–H groups in total. The summed E-state index contributed by atoms with van der Waals surface area (Å²) in [7, 11) is 0. The fourth-order valence-corrected chi connectivity index (χ4v) is 1.65. The molecule has 0 aliphatic heterocycles. The molecular weight excluding hydrogens is 218 g/mol. The van der Waals surface area contributed by atoms with Gasteiger partial charge in [0.05, 0.1) is 12.0 Å². The van der Waals surface area contributed by atoms with Crippen LogP contribution in [-0.2, 0) is 11.3 Å². The number of rotatable bonds is 6. The van der Waals surface area contributed by atoms with Gasteiger partial charge in [0.2, 0.25) is 0 Å². The smallest absolute Gasteiger partial charge is 0.323 e. The lowest BCUT2D eigenvalue weighted by molar-refractivity contribution is -0.142. The van der Waals surface area contributed by atoms with Crippen molar-refractivity contribution in [3.8, 4) is 0 Å². The van der Waals surface area contributed by atoms with E-state index in [0.717, 1.165) is 25.1 Å². The Morgan fingerprint density at radius 2 is 2.18 bits per heavy atom. The van der Waals surface area contributed by atoms with Crippen LogP contribution in [0.25, 0.3) is 0 Å². The van der Waals surface area contributed by atoms with Crippen LogP contribution in [0.2, 0.25) is 0 Å². The number of imidazole rings is 1. The number of hydrogen-bond donors (Lipinski definition) is 2. The first-order valence-corrected chi connectivity index (χ1v) is 5.85. The Morgan fingerprint density at radius 3 is 2.65 bits per heavy atom. The standard InChI is InChI=1S/C12H21N3O2/c1-9-10(2)15(8-14-9)7-5-4-6-12(3,13)11(16)17/h8H,4-7,13H2,1-3H3,(H,16,17). The highest BCUT2D eigenvalue weighted by Gasteiger charge is 2.26. The molecule has 1 aromatic rings. The highest BCUT2D eigenvalue weighted by atomic mass is 16.4. The van der Waals surface area contributed by atoms with Crippen LogP contribution in [0.4, 0.5) is 0 Å². The minimum Gasteiger partial charge on any atom is -0.480 e. The van der Waals surface area contributed by atoms with Crippen molar-refractivity contribution in [2.24, 2.45) is 5.73 Å². The Labute approximate surface area is 102 Å². The first-order valence-electron chi connectivity index (χ1n) is 5.85. The van der Waals surface area contributed by atoms with E-state index in [2.05, 4.69) is 9.55 Å². The number of carbonyl (C=O) groups is 1. The number of aromatic nitrogens is 2. The monoisotopic (exact) mass is 239 g/mol. The minimum atomic E-state index is -1.11. The molecule has 0 amide bonds. The van der Waals surface area contributed by atoms with Crippen molar-refractivity contribution in [1.82, 2.24) is 9.55 Å². The zero-order chi connectivity index (χ0) is 13.1. The molecule has 0 saturated heterocycles. The van der Waals surface area contributed by atoms with Crippen LogP contribution in [0.3, 0.4) is 0 Å². The summed E-state index contributed by atoms with van der Waals surface area (Å²) in [5, 5.41) is 8.86. The van der Waals surface area contributed by atoms with E-state index in [1.165, 1.54) is 5.69 Å². The van der Waals surface area contributed by atoms with Gasteiger partial charge in [0.25, 0.3) is 0 Å². The third kappa shape index (κ3) is 3.56. The van der Waals surface area contributed by atoms with E-state index in [1.807, 2.05) is 20.2 Å². The Balaban J connectivity index is 2.34. The number of aryl methyl sites for hydroxylation is 2. The van der Waals surface area contributed by atoms with Gasteiger partial charge < -0.3 is 15.4 Å². The summed E-state index contributed by atoms with van der Waals surface area (Å²) in [6.45, 7) is 6.43. The Hall–Kier alpha value is -1.36. The average Bonchev–Trinajstić information content (AvgIpc) is 2.55. The third-order valence-electron chi connectivity index (χ3n) is 3.18. The quantitative estimate of drug-likeness (QED) is 0.737. The van der Waals surface area contributed by atoms with E-state index < -0.39 is 11.5 Å². The lowest BCUT2D eigenvalue weighted by Gasteiger charge is -2.18. The van der Waals surface area contributed by atoms with Crippen molar-refractivity contribution in [2.45, 2.75) is 52.1 Å². The molecule has 1 atom stereocenters. The van der Waals surface area contributed by atoms with Crippen LogP contribution in [0.1, 0.15) is 37.6 Å². The predicted molar refractivity (Wildman–Crippen MR) is 65.8 cm³/mol. The van der Waals surface area contributed by atoms with Crippen molar-refractivity contribution in [3.05, 3.63) is 17.7 Å². The van der Waals surface area contributed by atoms with Gasteiger partial charge in [-0.2, -0.15) is 0 Å². The van der Waals surface area contributed by atoms with Crippen LogP contribution in [0.5, 0.6) is 0 Å². The maximum Gasteiger partial charge on any atom is 0.323 e. The van der Waals surface area contributed by atoms with E-state index >= 15 is 0 Å². The Kier molecular flexibility index (Phi) is 4.28. The molecule has 5 heteroatoms. The summed E-state index contributed by atoms with van der Waals surface area (Å²) in [5.74, 6) is -0.938. The van der Waals surface area contributed by atoms with E-state index in [9.17, 15) is 4.79 Å². The molecule has 0 spiro atoms. The molecule has 1 heterocycles. The van der Waals surface area contributed by atoms with Gasteiger partial charge in [0, 0.05) is 12.2 Å². The zero-order valence-electron chi connectivity index (χ0n) is 10.7. The first kappa shape index (κ1) is 13.7. The van der Waals surface area contributed by atoms with Gasteiger partial charge in [-0.15, -0.1) is 0 Å². The molecule has 0 aliphatic carbocycles. The molecule has 0 fully saturated rings. The molecule has 17 heavy (non-hydrogen) atoms. The first-order chi connectivity index (χ1) is 7.84. The number of aliphatic carboxylic acids is 1. The highest BCUT2D eigenvalue weighted by molar-refractivity contribution is 5.77. The molecule has 1 aromatic heterocycles. The lowest BCUT2D eigenvalue weighted by atomic mass is 9.96. The normalized spacial score (nSPS) is 14.6. The molecule has 1 unspecified atom stereocenters. The van der Waals surface area contributed by atoms with E-state index in [4.69, 9.17) is 10.8 Å². The Morgan fingerprint density at radius 1 is 1.53 bits per heavy atom. The maximum atomic E-state index is 10.8. The van der Waals surface area contributed by atoms with Crippen molar-refractivity contribution < 1.29 is 9.90 Å². The SMILES string of the molecule is Cc1ncn(CCCCC(C)(N)C(=O)O)c1C. The molecule has 0 saturated carbocycles. The van der Waals surface area contributed by atoms with E-state index in [1.54, 1.807) is 6.92 Å². The molecule has 5 nitrogen and oxygen atoms in total. The van der Waals surface area contributed by atoms with Gasteiger partial charge in [-0.1, -0.05) is 0 Å². The molecule has 1 rings (SSSR count). The number of nitrogens with two attached hydrogens (primary N) is 1. The highest BCUT2D eigenvalue weighted by Crippen LogP contribution is 2.12. The third-order valence-corrected chi connectivity index (χ3v) is 3.18. The zero-order valence-corrected chi connectivity index (χ0v) is 10.7. The predicted octanol–water partition coefficient (Wildman–Crippen LogP) is 1.47. The largest absolute Gasteiger partial charge is 0.480 e. The van der Waals surface area contributed by atoms with Crippen molar-refractivity contribution in [3.63, 3.8) is 0 Å². The van der Waals surface area contributed by atoms with Crippen LogP contribution >= 0.6 is 0 Å². The van der Waals surface area contributed by atoms with Crippen molar-refractivity contribution in [2.75, 3.05) is 0 Å². The molecular formula is C12H21N3O2. The molecule has 0 aliphatic rings. The summed E-state index contributed by atoms with van der Waals surface area (Å²) in [6.07, 6.45) is 4.03. The summed E-state index contributed by atoms with van der Waals surface area (Å²) in [4.78, 5) is 15.0. The molecule has 0 bridgehead atoms. The van der Waals surface area contributed by atoms with E-state index in [0.29, 0.717) is 6.42 Å². The van der Waals surface area contributed by atoms with E-state index in [-0.39, 0.29) is 0 Å². The summed E-state index contributed by atoms with van der Waals surface area (Å²) in [6, 6.07) is 0. The number of unbranched alkanes of at least 4 members (excludes halogenated alkanes) is 1.